The summed E-state index contributed by atoms with van der Waals surface area (Å²) in [4.78, 5) is 13.8. The average molecular weight is 322 g/mol. The summed E-state index contributed by atoms with van der Waals surface area (Å²) >= 11 is 0. The fourth-order valence-corrected chi connectivity index (χ4v) is 3.52. The van der Waals surface area contributed by atoms with Crippen molar-refractivity contribution < 1.29 is 17.9 Å². The Labute approximate surface area is 130 Å². The Bertz CT molecular complexity index is 764. The SMILES string of the molecule is COC(=O)c1ccn(S(=O)(=O)c2ccccc2)c1CN(C)C. The summed E-state index contributed by atoms with van der Waals surface area (Å²) in [7, 11) is 1.11. The lowest BCUT2D eigenvalue weighted by atomic mass is 10.2. The molecule has 2 aromatic rings. The topological polar surface area (TPSA) is 68.6 Å². The van der Waals surface area contributed by atoms with Gasteiger partial charge in [-0.05, 0) is 32.3 Å². The van der Waals surface area contributed by atoms with E-state index in [4.69, 9.17) is 4.74 Å². The highest BCUT2D eigenvalue weighted by molar-refractivity contribution is 7.90. The molecular weight excluding hydrogens is 304 g/mol. The van der Waals surface area contributed by atoms with Gasteiger partial charge in [0.15, 0.2) is 0 Å². The molecule has 0 fully saturated rings. The van der Waals surface area contributed by atoms with Crippen molar-refractivity contribution in [3.8, 4) is 0 Å². The van der Waals surface area contributed by atoms with E-state index in [1.807, 2.05) is 0 Å². The van der Waals surface area contributed by atoms with Crippen LogP contribution in [0, 0.1) is 0 Å². The Morgan fingerprint density at radius 2 is 1.82 bits per heavy atom. The number of carbonyl (C=O) groups excluding carboxylic acids is 1. The van der Waals surface area contributed by atoms with E-state index in [1.165, 1.54) is 31.5 Å². The second-order valence-corrected chi connectivity index (χ2v) is 6.83. The van der Waals surface area contributed by atoms with E-state index in [0.29, 0.717) is 12.2 Å². The summed E-state index contributed by atoms with van der Waals surface area (Å²) in [5, 5.41) is 0. The predicted molar refractivity (Wildman–Crippen MR) is 82.2 cm³/mol. The number of hydrogen-bond donors (Lipinski definition) is 0. The largest absolute Gasteiger partial charge is 0.465 e. The minimum atomic E-state index is -3.75. The van der Waals surface area contributed by atoms with Crippen LogP contribution in [0.1, 0.15) is 16.1 Å². The molecule has 0 bridgehead atoms. The second-order valence-electron chi connectivity index (χ2n) is 5.02. The van der Waals surface area contributed by atoms with E-state index in [9.17, 15) is 13.2 Å². The molecule has 1 aromatic heterocycles. The molecule has 0 saturated heterocycles. The molecule has 6 nitrogen and oxygen atoms in total. The summed E-state index contributed by atoms with van der Waals surface area (Å²) in [6.45, 7) is 0.295. The number of rotatable bonds is 5. The van der Waals surface area contributed by atoms with Crippen LogP contribution in [-0.2, 0) is 21.3 Å². The molecule has 22 heavy (non-hydrogen) atoms. The Morgan fingerprint density at radius 3 is 2.36 bits per heavy atom. The average Bonchev–Trinajstić information content (AvgIpc) is 2.91. The number of hydrogen-bond acceptors (Lipinski definition) is 5. The lowest BCUT2D eigenvalue weighted by Gasteiger charge is -2.15. The first-order valence-corrected chi connectivity index (χ1v) is 8.06. The van der Waals surface area contributed by atoms with Crippen LogP contribution in [0.2, 0.25) is 0 Å². The molecule has 118 valence electrons. The molecule has 0 unspecified atom stereocenters. The number of methoxy groups -OCH3 is 1. The molecule has 0 atom stereocenters. The number of nitrogens with zero attached hydrogens (tertiary/aromatic N) is 2. The van der Waals surface area contributed by atoms with Crippen LogP contribution >= 0.6 is 0 Å². The molecule has 0 saturated carbocycles. The fourth-order valence-electron chi connectivity index (χ4n) is 2.13. The first-order valence-electron chi connectivity index (χ1n) is 6.62. The van der Waals surface area contributed by atoms with Gasteiger partial charge in [0.05, 0.1) is 23.3 Å². The zero-order chi connectivity index (χ0) is 16.3. The number of esters is 1. The standard InChI is InChI=1S/C15H18N2O4S/c1-16(2)11-14-13(15(18)21-3)9-10-17(14)22(19,20)12-7-5-4-6-8-12/h4-10H,11H2,1-3H3. The van der Waals surface area contributed by atoms with Gasteiger partial charge in [0.1, 0.15) is 0 Å². The maximum absolute atomic E-state index is 12.8. The van der Waals surface area contributed by atoms with Crippen molar-refractivity contribution in [3.05, 3.63) is 53.9 Å². The van der Waals surface area contributed by atoms with Gasteiger partial charge in [-0.1, -0.05) is 18.2 Å². The van der Waals surface area contributed by atoms with Crippen LogP contribution in [0.5, 0.6) is 0 Å². The zero-order valence-corrected chi connectivity index (χ0v) is 13.5. The summed E-state index contributed by atoms with van der Waals surface area (Å²) < 4.78 is 31.4. The molecule has 0 N–H and O–H groups in total. The highest BCUT2D eigenvalue weighted by atomic mass is 32.2. The van der Waals surface area contributed by atoms with Crippen LogP contribution in [0.4, 0.5) is 0 Å². The van der Waals surface area contributed by atoms with E-state index in [-0.39, 0.29) is 10.5 Å². The molecule has 7 heteroatoms. The third kappa shape index (κ3) is 3.05. The molecule has 1 heterocycles. The Hall–Kier alpha value is -2.12. The van der Waals surface area contributed by atoms with Gasteiger partial charge in [0.2, 0.25) is 0 Å². The molecule has 2 rings (SSSR count). The molecule has 0 spiro atoms. The van der Waals surface area contributed by atoms with Crippen molar-refractivity contribution in [2.75, 3.05) is 21.2 Å². The quantitative estimate of drug-likeness (QED) is 0.782. The summed E-state index contributed by atoms with van der Waals surface area (Å²) in [5.74, 6) is -0.557. The number of benzene rings is 1. The lowest BCUT2D eigenvalue weighted by molar-refractivity contribution is 0.0599. The van der Waals surface area contributed by atoms with E-state index in [1.54, 1.807) is 37.2 Å². The van der Waals surface area contributed by atoms with Gasteiger partial charge in [-0.15, -0.1) is 0 Å². The first kappa shape index (κ1) is 16.3. The summed E-state index contributed by atoms with van der Waals surface area (Å²) in [5.41, 5.74) is 0.622. The number of ether oxygens (including phenoxy) is 1. The minimum Gasteiger partial charge on any atom is -0.465 e. The van der Waals surface area contributed by atoms with Crippen LogP contribution in [0.3, 0.4) is 0 Å². The van der Waals surface area contributed by atoms with Gasteiger partial charge in [0, 0.05) is 12.7 Å². The normalized spacial score (nSPS) is 11.6. The first-order chi connectivity index (χ1) is 10.4. The molecule has 1 aromatic carbocycles. The van der Waals surface area contributed by atoms with Crippen LogP contribution in [0.25, 0.3) is 0 Å². The number of carbonyl (C=O) groups is 1. The van der Waals surface area contributed by atoms with E-state index < -0.39 is 16.0 Å². The summed E-state index contributed by atoms with van der Waals surface area (Å²) in [6.07, 6.45) is 1.38. The third-order valence-electron chi connectivity index (χ3n) is 3.12. The van der Waals surface area contributed by atoms with Crippen LogP contribution in [0.15, 0.2) is 47.5 Å². The zero-order valence-electron chi connectivity index (χ0n) is 12.7. The monoisotopic (exact) mass is 322 g/mol. The Balaban J connectivity index is 2.60. The van der Waals surface area contributed by atoms with Crippen molar-refractivity contribution in [3.63, 3.8) is 0 Å². The van der Waals surface area contributed by atoms with E-state index >= 15 is 0 Å². The Morgan fingerprint density at radius 1 is 1.18 bits per heavy atom. The van der Waals surface area contributed by atoms with Gasteiger partial charge >= 0.3 is 5.97 Å². The highest BCUT2D eigenvalue weighted by Crippen LogP contribution is 2.21. The maximum atomic E-state index is 12.8. The molecule has 0 aliphatic carbocycles. The van der Waals surface area contributed by atoms with Gasteiger partial charge in [0.25, 0.3) is 10.0 Å². The van der Waals surface area contributed by atoms with Crippen molar-refractivity contribution in [1.82, 2.24) is 8.87 Å². The van der Waals surface area contributed by atoms with Gasteiger partial charge < -0.3 is 9.64 Å². The molecule has 0 aliphatic rings. The predicted octanol–water partition coefficient (Wildman–Crippen LogP) is 1.57. The van der Waals surface area contributed by atoms with Gasteiger partial charge in [-0.3, -0.25) is 0 Å². The maximum Gasteiger partial charge on any atom is 0.339 e. The van der Waals surface area contributed by atoms with Crippen LogP contribution < -0.4 is 0 Å². The lowest BCUT2D eigenvalue weighted by Crippen LogP contribution is -2.22. The Kier molecular flexibility index (Phi) is 4.68. The molecule has 0 amide bonds. The van der Waals surface area contributed by atoms with Crippen molar-refractivity contribution in [2.45, 2.75) is 11.4 Å². The van der Waals surface area contributed by atoms with E-state index in [0.717, 1.165) is 3.97 Å². The number of aromatic nitrogens is 1. The van der Waals surface area contributed by atoms with E-state index in [2.05, 4.69) is 0 Å². The molecule has 0 radical (unpaired) electrons. The van der Waals surface area contributed by atoms with Crippen molar-refractivity contribution in [1.29, 1.82) is 0 Å². The van der Waals surface area contributed by atoms with Crippen molar-refractivity contribution in [2.24, 2.45) is 0 Å². The fraction of sp³-hybridized carbons (Fsp3) is 0.267. The smallest absolute Gasteiger partial charge is 0.339 e. The van der Waals surface area contributed by atoms with Gasteiger partial charge in [-0.25, -0.2) is 17.2 Å². The summed E-state index contributed by atoms with van der Waals surface area (Å²) in [6, 6.07) is 9.56. The third-order valence-corrected chi connectivity index (χ3v) is 4.85. The highest BCUT2D eigenvalue weighted by Gasteiger charge is 2.25. The second kappa shape index (κ2) is 6.33. The molecule has 0 aliphatic heterocycles. The van der Waals surface area contributed by atoms with Crippen LogP contribution in [-0.4, -0.2) is 44.5 Å². The van der Waals surface area contributed by atoms with Gasteiger partial charge in [-0.2, -0.15) is 0 Å². The molecular formula is C15H18N2O4S. The minimum absolute atomic E-state index is 0.169. The van der Waals surface area contributed by atoms with Crippen molar-refractivity contribution >= 4 is 16.0 Å².